The van der Waals surface area contributed by atoms with Gasteiger partial charge in [-0.1, -0.05) is 0 Å². The molecule has 3 aromatic rings. The van der Waals surface area contributed by atoms with E-state index in [2.05, 4.69) is 14.5 Å². The van der Waals surface area contributed by atoms with Gasteiger partial charge < -0.3 is 0 Å². The number of nitrogens with zero attached hydrogens (tertiary/aromatic N) is 4. The first-order valence-corrected chi connectivity index (χ1v) is 15.6. The van der Waals surface area contributed by atoms with E-state index in [0.717, 1.165) is 17.7 Å². The Morgan fingerprint density at radius 1 is 1.03 bits per heavy atom. The second-order valence-electron chi connectivity index (χ2n) is 8.41. The summed E-state index contributed by atoms with van der Waals surface area (Å²) < 4.78 is 82.7. The van der Waals surface area contributed by atoms with Gasteiger partial charge in [-0.25, -0.2) is 0 Å². The summed E-state index contributed by atoms with van der Waals surface area (Å²) in [6.07, 6.45) is -4.13. The van der Waals surface area contributed by atoms with E-state index in [0.29, 0.717) is 29.8 Å². The van der Waals surface area contributed by atoms with E-state index in [9.17, 15) is 26.0 Å². The number of alkyl halides is 3. The summed E-state index contributed by atoms with van der Waals surface area (Å²) in [7, 11) is -4.47. The third kappa shape index (κ3) is 6.92. The number of nitrogens with two attached hydrogens (primary N) is 1. The van der Waals surface area contributed by atoms with Crippen molar-refractivity contribution < 1.29 is 26.0 Å². The second-order valence-corrected chi connectivity index (χ2v) is 11.7. The molecule has 7 nitrogen and oxygen atoms in total. The zero-order valence-corrected chi connectivity index (χ0v) is 23.0. The van der Waals surface area contributed by atoms with E-state index < -0.39 is 32.5 Å². The van der Waals surface area contributed by atoms with E-state index in [1.54, 1.807) is 18.0 Å². The predicted octanol–water partition coefficient (Wildman–Crippen LogP) is 4.85. The first kappa shape index (κ1) is 28.5. The molecule has 0 amide bonds. The normalized spacial score (nSPS) is 17.2. The summed E-state index contributed by atoms with van der Waals surface area (Å²) in [5.41, 5.74) is 7.09. The van der Waals surface area contributed by atoms with Gasteiger partial charge in [0.2, 0.25) is 0 Å². The average molecular weight is 625 g/mol. The molecule has 0 bridgehead atoms. The van der Waals surface area contributed by atoms with Crippen LogP contribution in [0.25, 0.3) is 0 Å². The van der Waals surface area contributed by atoms with Gasteiger partial charge in [0.1, 0.15) is 0 Å². The minimum absolute atomic E-state index is 0.146. The number of benzene rings is 3. The van der Waals surface area contributed by atoms with Crippen LogP contribution in [0.4, 0.5) is 17.6 Å². The number of aliphatic imine (C=N–C) groups is 1. The Morgan fingerprint density at radius 3 is 2.26 bits per heavy atom. The zero-order chi connectivity index (χ0) is 28.2. The molecule has 1 unspecified atom stereocenters. The molecule has 0 saturated carbocycles. The SMILES string of the molecule is C[Se]/C(N)=N/C(=N/S(=O)(=O)c1ccc(C(F)(F)F)cc1)N1CCC(c2ccccc2)C(c2ccc(F)cc2)=N1. The van der Waals surface area contributed by atoms with Crippen LogP contribution in [0.2, 0.25) is 5.82 Å². The molecular formula is C26H23F4N5O2SSe. The Kier molecular flexibility index (Phi) is 8.53. The van der Waals surface area contributed by atoms with Crippen molar-refractivity contribution in [2.45, 2.75) is 29.2 Å². The first-order chi connectivity index (χ1) is 18.5. The van der Waals surface area contributed by atoms with Crippen molar-refractivity contribution in [3.8, 4) is 0 Å². The molecule has 4 rings (SSSR count). The molecule has 1 atom stereocenters. The molecule has 2 N–H and O–H groups in total. The number of guanidine groups is 1. The van der Waals surface area contributed by atoms with E-state index >= 15 is 0 Å². The van der Waals surface area contributed by atoms with Crippen LogP contribution in [0, 0.1) is 5.82 Å². The Labute approximate surface area is 229 Å². The molecule has 3 aromatic carbocycles. The molecule has 204 valence electrons. The van der Waals surface area contributed by atoms with Gasteiger partial charge in [0.05, 0.1) is 0 Å². The third-order valence-electron chi connectivity index (χ3n) is 5.86. The number of sulfonamides is 1. The minimum atomic E-state index is -4.62. The van der Waals surface area contributed by atoms with E-state index in [1.807, 2.05) is 30.3 Å². The van der Waals surface area contributed by atoms with E-state index in [1.165, 1.54) is 17.1 Å². The van der Waals surface area contributed by atoms with Crippen LogP contribution in [0.3, 0.4) is 0 Å². The van der Waals surface area contributed by atoms with Crippen molar-refractivity contribution in [1.29, 1.82) is 0 Å². The van der Waals surface area contributed by atoms with Crippen LogP contribution in [0.5, 0.6) is 0 Å². The number of rotatable bonds is 5. The molecule has 1 aliphatic rings. The van der Waals surface area contributed by atoms with Gasteiger partial charge in [0.25, 0.3) is 0 Å². The maximum absolute atomic E-state index is 13.7. The standard InChI is InChI=1S/C26H23F4N5O2SSe/c1-39-24(31)32-25(34-38(36,37)21-13-9-19(10-14-21)26(28,29)30)35-16-15-22(17-5-3-2-4-6-17)23(33-35)18-7-11-20(27)12-8-18/h2-14,22H,15-16H2,1H3,(H2,31,32,34). The number of hydrogen-bond donors (Lipinski definition) is 1. The molecule has 0 fully saturated rings. The fraction of sp³-hybridized carbons (Fsp3) is 0.192. The summed E-state index contributed by atoms with van der Waals surface area (Å²) in [5, 5.41) is 5.98. The molecule has 39 heavy (non-hydrogen) atoms. The number of amidine groups is 1. The molecule has 1 aliphatic heterocycles. The van der Waals surface area contributed by atoms with Crippen molar-refractivity contribution in [2.75, 3.05) is 6.54 Å². The molecule has 0 aromatic heterocycles. The van der Waals surface area contributed by atoms with Gasteiger partial charge in [0, 0.05) is 0 Å². The van der Waals surface area contributed by atoms with Crippen LogP contribution < -0.4 is 5.73 Å². The topological polar surface area (TPSA) is 100 Å². The van der Waals surface area contributed by atoms with Gasteiger partial charge in [0.15, 0.2) is 0 Å². The molecule has 13 heteroatoms. The maximum atomic E-state index is 13.7. The summed E-state index contributed by atoms with van der Waals surface area (Å²) >= 11 is -0.287. The quantitative estimate of drug-likeness (QED) is 0.190. The Bertz CT molecular complexity index is 1510. The molecule has 1 heterocycles. The van der Waals surface area contributed by atoms with Crippen LogP contribution >= 0.6 is 0 Å². The number of halogens is 4. The predicted molar refractivity (Wildman–Crippen MR) is 143 cm³/mol. The molecule has 0 spiro atoms. The fourth-order valence-corrected chi connectivity index (χ4v) is 5.22. The fourth-order valence-electron chi connectivity index (χ4n) is 3.92. The van der Waals surface area contributed by atoms with E-state index in [-0.39, 0.29) is 38.1 Å². The summed E-state index contributed by atoms with van der Waals surface area (Å²) in [6.45, 7) is 0.221. The van der Waals surface area contributed by atoms with Crippen LogP contribution in [0.1, 0.15) is 29.0 Å². The van der Waals surface area contributed by atoms with Crippen molar-refractivity contribution in [3.63, 3.8) is 0 Å². The molecule has 0 radical (unpaired) electrons. The summed E-state index contributed by atoms with van der Waals surface area (Å²) in [6, 6.07) is 18.3. The Hall–Kier alpha value is -3.54. The van der Waals surface area contributed by atoms with Crippen molar-refractivity contribution >= 4 is 41.4 Å². The first-order valence-electron chi connectivity index (χ1n) is 11.6. The molecule has 0 saturated heterocycles. The van der Waals surface area contributed by atoms with Crippen molar-refractivity contribution in [3.05, 3.63) is 101 Å². The van der Waals surface area contributed by atoms with Gasteiger partial charge in [-0.2, -0.15) is 0 Å². The number of hydrogen-bond acceptors (Lipinski definition) is 3. The molecular weight excluding hydrogens is 601 g/mol. The number of hydrazone groups is 1. The van der Waals surface area contributed by atoms with Crippen molar-refractivity contribution in [2.24, 2.45) is 20.2 Å². The van der Waals surface area contributed by atoms with Crippen LogP contribution in [-0.4, -0.2) is 51.3 Å². The van der Waals surface area contributed by atoms with Gasteiger partial charge in [-0.05, 0) is 0 Å². The summed E-state index contributed by atoms with van der Waals surface area (Å²) in [5.74, 6) is 0.859. The zero-order valence-electron chi connectivity index (χ0n) is 20.5. The van der Waals surface area contributed by atoms with Gasteiger partial charge >= 0.3 is 230 Å². The van der Waals surface area contributed by atoms with Crippen LogP contribution in [0.15, 0.2) is 98.2 Å². The molecule has 0 aliphatic carbocycles. The van der Waals surface area contributed by atoms with Crippen molar-refractivity contribution in [1.82, 2.24) is 5.01 Å². The van der Waals surface area contributed by atoms with Gasteiger partial charge in [-0.15, -0.1) is 0 Å². The third-order valence-corrected chi connectivity index (χ3v) is 8.20. The average Bonchev–Trinajstić information content (AvgIpc) is 2.92. The Balaban J connectivity index is 1.80. The monoisotopic (exact) mass is 625 g/mol. The van der Waals surface area contributed by atoms with E-state index in [4.69, 9.17) is 5.73 Å². The Morgan fingerprint density at radius 2 is 1.67 bits per heavy atom. The summed E-state index contributed by atoms with van der Waals surface area (Å²) in [4.78, 5) is 3.76. The second kappa shape index (κ2) is 11.7. The van der Waals surface area contributed by atoms with Gasteiger partial charge in [-0.3, -0.25) is 0 Å². The van der Waals surface area contributed by atoms with Crippen LogP contribution in [-0.2, 0) is 16.2 Å².